The molecule has 0 N–H and O–H groups in total. The number of hydrogen-bond donors (Lipinski definition) is 0. The van der Waals surface area contributed by atoms with E-state index in [2.05, 4.69) is 35.9 Å². The van der Waals surface area contributed by atoms with E-state index in [1.165, 1.54) is 0 Å². The zero-order chi connectivity index (χ0) is 19.6. The van der Waals surface area contributed by atoms with E-state index in [9.17, 15) is 9.59 Å². The molecule has 0 spiro atoms. The molecule has 3 heterocycles. The van der Waals surface area contributed by atoms with E-state index < -0.39 is 0 Å². The van der Waals surface area contributed by atoms with Gasteiger partial charge < -0.3 is 4.90 Å². The van der Waals surface area contributed by atoms with Gasteiger partial charge in [0.25, 0.3) is 11.5 Å². The average Bonchev–Trinajstić information content (AvgIpc) is 3.06. The largest absolute Gasteiger partial charge is 0.335 e. The van der Waals surface area contributed by atoms with Crippen molar-refractivity contribution in [1.29, 1.82) is 0 Å². The van der Waals surface area contributed by atoms with Gasteiger partial charge in [0, 0.05) is 57.4 Å². The lowest BCUT2D eigenvalue weighted by molar-refractivity contribution is 0.0620. The number of amides is 1. The average molecular weight is 372 g/mol. The van der Waals surface area contributed by atoms with Gasteiger partial charge in [-0.2, -0.15) is 10.2 Å². The number of carbonyl (C=O) groups is 1. The van der Waals surface area contributed by atoms with E-state index in [0.29, 0.717) is 25.3 Å². The Hall–Kier alpha value is -2.48. The Morgan fingerprint density at radius 2 is 1.78 bits per heavy atom. The van der Waals surface area contributed by atoms with Crippen LogP contribution in [0.2, 0.25) is 0 Å². The Kier molecular flexibility index (Phi) is 5.46. The summed E-state index contributed by atoms with van der Waals surface area (Å²) in [7, 11) is 1.78. The molecule has 2 aromatic rings. The second-order valence-electron chi connectivity index (χ2n) is 8.00. The van der Waals surface area contributed by atoms with Gasteiger partial charge in [0.15, 0.2) is 0 Å². The molecule has 27 heavy (non-hydrogen) atoms. The van der Waals surface area contributed by atoms with Gasteiger partial charge in [-0.25, -0.2) is 4.68 Å². The fourth-order valence-electron chi connectivity index (χ4n) is 3.17. The molecule has 0 radical (unpaired) electrons. The Labute approximate surface area is 159 Å². The highest BCUT2D eigenvalue weighted by Gasteiger charge is 2.24. The van der Waals surface area contributed by atoms with Crippen molar-refractivity contribution in [3.05, 3.63) is 46.1 Å². The van der Waals surface area contributed by atoms with Crippen molar-refractivity contribution >= 4 is 5.91 Å². The van der Waals surface area contributed by atoms with Crippen LogP contribution in [-0.4, -0.2) is 68.0 Å². The number of carbonyl (C=O) groups excluding carboxylic acids is 1. The molecular formula is C19H28N6O2. The SMILES string of the molecule is Cn1nccc1C(=O)N1CCN(CCn2nc(C(C)(C)C)ccc2=O)CC1. The number of hydrogen-bond acceptors (Lipinski definition) is 5. The van der Waals surface area contributed by atoms with E-state index in [4.69, 9.17) is 0 Å². The summed E-state index contributed by atoms with van der Waals surface area (Å²) in [5.41, 5.74) is 1.35. The molecule has 0 saturated carbocycles. The van der Waals surface area contributed by atoms with E-state index in [1.807, 2.05) is 11.0 Å². The third-order valence-corrected chi connectivity index (χ3v) is 4.96. The molecule has 8 heteroatoms. The molecule has 0 bridgehead atoms. The van der Waals surface area contributed by atoms with Crippen LogP contribution in [0.5, 0.6) is 0 Å². The van der Waals surface area contributed by atoms with E-state index >= 15 is 0 Å². The number of aromatic nitrogens is 4. The molecule has 0 aromatic carbocycles. The van der Waals surface area contributed by atoms with Crippen LogP contribution >= 0.6 is 0 Å². The van der Waals surface area contributed by atoms with Gasteiger partial charge in [-0.15, -0.1) is 0 Å². The predicted molar refractivity (Wildman–Crippen MR) is 103 cm³/mol. The Morgan fingerprint density at radius 1 is 1.07 bits per heavy atom. The predicted octanol–water partition coefficient (Wildman–Crippen LogP) is 0.732. The van der Waals surface area contributed by atoms with E-state index in [1.54, 1.807) is 34.7 Å². The summed E-state index contributed by atoms with van der Waals surface area (Å²) in [6.45, 7) is 10.5. The van der Waals surface area contributed by atoms with Gasteiger partial charge in [0.1, 0.15) is 5.69 Å². The molecule has 1 saturated heterocycles. The van der Waals surface area contributed by atoms with Crippen LogP contribution in [-0.2, 0) is 19.0 Å². The normalized spacial score (nSPS) is 15.9. The molecule has 1 aliphatic heterocycles. The molecule has 1 aliphatic rings. The second-order valence-corrected chi connectivity index (χ2v) is 8.00. The summed E-state index contributed by atoms with van der Waals surface area (Å²) in [5.74, 6) is 0.0189. The van der Waals surface area contributed by atoms with Crippen molar-refractivity contribution in [2.24, 2.45) is 7.05 Å². The molecular weight excluding hydrogens is 344 g/mol. The first kappa shape index (κ1) is 19.3. The monoisotopic (exact) mass is 372 g/mol. The van der Waals surface area contributed by atoms with Gasteiger partial charge in [-0.05, 0) is 12.1 Å². The Balaban J connectivity index is 1.55. The minimum absolute atomic E-state index is 0.0189. The Bertz CT molecular complexity index is 856. The van der Waals surface area contributed by atoms with Gasteiger partial charge >= 0.3 is 0 Å². The highest BCUT2D eigenvalue weighted by molar-refractivity contribution is 5.92. The van der Waals surface area contributed by atoms with Crippen molar-refractivity contribution in [2.45, 2.75) is 32.7 Å². The van der Waals surface area contributed by atoms with Crippen LogP contribution in [0.25, 0.3) is 0 Å². The first-order valence-corrected chi connectivity index (χ1v) is 9.34. The standard InChI is InChI=1S/C19H28N6O2/c1-19(2,3)16-5-6-17(26)25(21-16)14-11-23-9-12-24(13-10-23)18(27)15-7-8-20-22(15)4/h5-8H,9-14H2,1-4H3. The van der Waals surface area contributed by atoms with Gasteiger partial charge in [-0.3, -0.25) is 19.2 Å². The topological polar surface area (TPSA) is 76.3 Å². The summed E-state index contributed by atoms with van der Waals surface area (Å²) >= 11 is 0. The molecule has 0 aliphatic carbocycles. The van der Waals surface area contributed by atoms with E-state index in [-0.39, 0.29) is 16.9 Å². The summed E-state index contributed by atoms with van der Waals surface area (Å²) in [4.78, 5) is 28.8. The maximum absolute atomic E-state index is 12.5. The summed E-state index contributed by atoms with van der Waals surface area (Å²) in [6.07, 6.45) is 1.64. The van der Waals surface area contributed by atoms with Gasteiger partial charge in [-0.1, -0.05) is 20.8 Å². The number of aryl methyl sites for hydroxylation is 1. The number of rotatable bonds is 4. The van der Waals surface area contributed by atoms with E-state index in [0.717, 1.165) is 25.3 Å². The van der Waals surface area contributed by atoms with Crippen molar-refractivity contribution in [3.63, 3.8) is 0 Å². The minimum Gasteiger partial charge on any atom is -0.335 e. The maximum atomic E-state index is 12.5. The molecule has 8 nitrogen and oxygen atoms in total. The molecule has 1 fully saturated rings. The number of nitrogens with zero attached hydrogens (tertiary/aromatic N) is 6. The first-order valence-electron chi connectivity index (χ1n) is 9.34. The lowest BCUT2D eigenvalue weighted by atomic mass is 9.92. The van der Waals surface area contributed by atoms with Crippen LogP contribution in [0.15, 0.2) is 29.2 Å². The molecule has 1 amide bonds. The highest BCUT2D eigenvalue weighted by Crippen LogP contribution is 2.18. The molecule has 3 rings (SSSR count). The first-order chi connectivity index (χ1) is 12.8. The van der Waals surface area contributed by atoms with Crippen LogP contribution in [0.4, 0.5) is 0 Å². The molecule has 2 aromatic heterocycles. The summed E-state index contributed by atoms with van der Waals surface area (Å²) in [5, 5.41) is 8.58. The number of piperazine rings is 1. The van der Waals surface area contributed by atoms with Crippen molar-refractivity contribution < 1.29 is 4.79 Å². The quantitative estimate of drug-likeness (QED) is 0.791. The van der Waals surface area contributed by atoms with Crippen LogP contribution in [0.1, 0.15) is 37.0 Å². The lowest BCUT2D eigenvalue weighted by Gasteiger charge is -2.34. The van der Waals surface area contributed by atoms with Crippen molar-refractivity contribution in [2.75, 3.05) is 32.7 Å². The van der Waals surface area contributed by atoms with Crippen molar-refractivity contribution in [3.8, 4) is 0 Å². The van der Waals surface area contributed by atoms with Gasteiger partial charge in [0.05, 0.1) is 12.2 Å². The van der Waals surface area contributed by atoms with Gasteiger partial charge in [0.2, 0.25) is 0 Å². The fraction of sp³-hybridized carbons (Fsp3) is 0.579. The van der Waals surface area contributed by atoms with Crippen LogP contribution in [0, 0.1) is 0 Å². The second kappa shape index (κ2) is 7.64. The fourth-order valence-corrected chi connectivity index (χ4v) is 3.17. The zero-order valence-electron chi connectivity index (χ0n) is 16.6. The molecule has 0 atom stereocenters. The molecule has 146 valence electrons. The highest BCUT2D eigenvalue weighted by atomic mass is 16.2. The zero-order valence-corrected chi connectivity index (χ0v) is 16.6. The minimum atomic E-state index is -0.0900. The van der Waals surface area contributed by atoms with Crippen LogP contribution < -0.4 is 5.56 Å². The van der Waals surface area contributed by atoms with Crippen LogP contribution in [0.3, 0.4) is 0 Å². The third kappa shape index (κ3) is 4.44. The lowest BCUT2D eigenvalue weighted by Crippen LogP contribution is -2.50. The van der Waals surface area contributed by atoms with Crippen molar-refractivity contribution in [1.82, 2.24) is 29.4 Å². The summed E-state index contributed by atoms with van der Waals surface area (Å²) < 4.78 is 3.16. The molecule has 0 unspecified atom stereocenters. The smallest absolute Gasteiger partial charge is 0.272 e. The Morgan fingerprint density at radius 3 is 2.37 bits per heavy atom. The summed E-state index contributed by atoms with van der Waals surface area (Å²) in [6, 6.07) is 5.15. The third-order valence-electron chi connectivity index (χ3n) is 4.96. The maximum Gasteiger partial charge on any atom is 0.272 e.